The zero-order valence-electron chi connectivity index (χ0n) is 23.5. The first kappa shape index (κ1) is 29.2. The number of fused-ring (bicyclic) bond motifs is 3. The summed E-state index contributed by atoms with van der Waals surface area (Å²) in [6.45, 7) is 0.916. The van der Waals surface area contributed by atoms with E-state index in [2.05, 4.69) is 15.1 Å². The highest BCUT2D eigenvalue weighted by Gasteiger charge is 2.19. The number of H-pyrrole nitrogens is 1. The molecule has 1 aromatic heterocycles. The molecule has 0 bridgehead atoms. The van der Waals surface area contributed by atoms with E-state index in [4.69, 9.17) is 18.9 Å². The fourth-order valence-electron chi connectivity index (χ4n) is 4.67. The molecule has 0 radical (unpaired) electrons. The second kappa shape index (κ2) is 14.1. The second-order valence-corrected chi connectivity index (χ2v) is 9.59. The zero-order valence-corrected chi connectivity index (χ0v) is 23.5. The van der Waals surface area contributed by atoms with E-state index >= 15 is 0 Å². The summed E-state index contributed by atoms with van der Waals surface area (Å²) in [5.74, 6) is 1.34. The molecule has 5 aromatic rings. The van der Waals surface area contributed by atoms with Gasteiger partial charge in [0, 0.05) is 29.4 Å². The van der Waals surface area contributed by atoms with Crippen molar-refractivity contribution in [2.24, 2.45) is 0 Å². The lowest BCUT2D eigenvalue weighted by molar-refractivity contribution is -0.763. The van der Waals surface area contributed by atoms with Gasteiger partial charge in [0.15, 0.2) is 11.5 Å². The molecule has 11 nitrogen and oxygen atoms in total. The number of nitrogens with zero attached hydrogens (tertiary/aromatic N) is 1. The van der Waals surface area contributed by atoms with Crippen molar-refractivity contribution in [3.05, 3.63) is 112 Å². The number of carbonyl (C=O) groups excluding carboxylic acids is 1. The molecule has 0 aliphatic rings. The number of benzene rings is 4. The van der Waals surface area contributed by atoms with Crippen molar-refractivity contribution in [2.45, 2.75) is 12.7 Å². The van der Waals surface area contributed by atoms with E-state index in [1.807, 2.05) is 66.7 Å². The zero-order chi connectivity index (χ0) is 30.0. The Kier molecular flexibility index (Phi) is 9.55. The Morgan fingerprint density at radius 2 is 1.65 bits per heavy atom. The van der Waals surface area contributed by atoms with E-state index in [-0.39, 0.29) is 25.3 Å². The van der Waals surface area contributed by atoms with Crippen LogP contribution < -0.4 is 19.5 Å². The summed E-state index contributed by atoms with van der Waals surface area (Å²) < 4.78 is 23.3. The third-order valence-electron chi connectivity index (χ3n) is 6.67. The van der Waals surface area contributed by atoms with Gasteiger partial charge in [0.2, 0.25) is 0 Å². The number of aromatic nitrogens is 1. The Balaban J connectivity index is 1.27. The molecule has 1 unspecified atom stereocenters. The molecule has 1 atom stereocenters. The van der Waals surface area contributed by atoms with Crippen molar-refractivity contribution in [3.63, 3.8) is 0 Å². The first-order valence-corrected chi connectivity index (χ1v) is 13.7. The number of nitrogens with one attached hydrogen (secondary N) is 2. The van der Waals surface area contributed by atoms with Gasteiger partial charge in [-0.25, -0.2) is 4.79 Å². The molecular formula is C32H31N3O8. The van der Waals surface area contributed by atoms with E-state index in [0.717, 1.165) is 21.8 Å². The van der Waals surface area contributed by atoms with Gasteiger partial charge in [0.05, 0.1) is 18.2 Å². The molecule has 11 heteroatoms. The fraction of sp³-hybridized carbons (Fsp3) is 0.219. The summed E-state index contributed by atoms with van der Waals surface area (Å²) in [6.07, 6.45) is -0.669. The minimum absolute atomic E-state index is 0.0782. The van der Waals surface area contributed by atoms with Crippen molar-refractivity contribution in [2.75, 3.05) is 33.4 Å². The highest BCUT2D eigenvalue weighted by atomic mass is 16.9. The number of esters is 1. The number of aromatic amines is 1. The van der Waals surface area contributed by atoms with Gasteiger partial charge in [-0.1, -0.05) is 48.5 Å². The lowest BCUT2D eigenvalue weighted by Crippen LogP contribution is -2.37. The number of ether oxygens (including phenoxy) is 4. The minimum atomic E-state index is -0.879. The molecule has 0 spiro atoms. The Labute approximate surface area is 247 Å². The van der Waals surface area contributed by atoms with E-state index in [1.54, 1.807) is 25.3 Å². The number of rotatable bonds is 15. The first-order valence-electron chi connectivity index (χ1n) is 13.7. The molecule has 5 rings (SSSR count). The molecular weight excluding hydrogens is 554 g/mol. The third kappa shape index (κ3) is 7.52. The van der Waals surface area contributed by atoms with Crippen LogP contribution in [0.2, 0.25) is 0 Å². The van der Waals surface area contributed by atoms with Crippen LogP contribution in [0.3, 0.4) is 0 Å². The standard InChI is InChI=1S/C32H31N3O8/c1-39-28-13-4-5-14-29(28)40-17-16-33-19-24(43-32(36)23-9-6-8-22(18-23)20-42-35(37)38)21-41-30-15-7-12-27-31(30)25-10-2-3-11-26(25)34-27/h2-15,18,24,33-34H,16-17,19-21H2,1H3. The fourth-order valence-corrected chi connectivity index (χ4v) is 4.67. The number of hydrogen-bond acceptors (Lipinski definition) is 9. The van der Waals surface area contributed by atoms with E-state index in [1.165, 1.54) is 6.07 Å². The Bertz CT molecular complexity index is 1700. The molecule has 0 amide bonds. The van der Waals surface area contributed by atoms with Gasteiger partial charge in [0.1, 0.15) is 31.7 Å². The maximum Gasteiger partial charge on any atom is 0.338 e. The van der Waals surface area contributed by atoms with Crippen LogP contribution in [-0.2, 0) is 16.2 Å². The van der Waals surface area contributed by atoms with Gasteiger partial charge in [-0.3, -0.25) is 0 Å². The first-order chi connectivity index (χ1) is 21.0. The number of para-hydroxylation sites is 3. The SMILES string of the molecule is COc1ccccc1OCCNCC(COc1cccc2[nH]c3ccccc3c12)OC(=O)c1cccc(CO[N+](=O)[O-])c1. The topological polar surface area (TPSA) is 134 Å². The molecule has 1 heterocycles. The monoisotopic (exact) mass is 585 g/mol. The number of methoxy groups -OCH3 is 1. The van der Waals surface area contributed by atoms with Crippen molar-refractivity contribution in [3.8, 4) is 17.2 Å². The largest absolute Gasteiger partial charge is 0.493 e. The maximum atomic E-state index is 13.1. The molecule has 0 saturated carbocycles. The summed E-state index contributed by atoms with van der Waals surface area (Å²) >= 11 is 0. The van der Waals surface area contributed by atoms with Gasteiger partial charge in [-0.2, -0.15) is 0 Å². The summed E-state index contributed by atoms with van der Waals surface area (Å²) in [6, 6.07) is 27.5. The van der Waals surface area contributed by atoms with Crippen LogP contribution in [0.4, 0.5) is 0 Å². The van der Waals surface area contributed by atoms with Crippen molar-refractivity contribution < 1.29 is 33.7 Å². The molecule has 0 aliphatic heterocycles. The predicted molar refractivity (Wildman–Crippen MR) is 160 cm³/mol. The van der Waals surface area contributed by atoms with E-state index in [0.29, 0.717) is 36.0 Å². The Morgan fingerprint density at radius 3 is 2.49 bits per heavy atom. The van der Waals surface area contributed by atoms with Crippen LogP contribution in [0.5, 0.6) is 17.2 Å². The molecule has 43 heavy (non-hydrogen) atoms. The van der Waals surface area contributed by atoms with Gasteiger partial charge in [0.25, 0.3) is 5.09 Å². The lowest BCUT2D eigenvalue weighted by Gasteiger charge is -2.20. The highest BCUT2D eigenvalue weighted by molar-refractivity contribution is 6.10. The molecule has 4 aromatic carbocycles. The summed E-state index contributed by atoms with van der Waals surface area (Å²) in [7, 11) is 1.58. The van der Waals surface area contributed by atoms with E-state index < -0.39 is 17.2 Å². The third-order valence-corrected chi connectivity index (χ3v) is 6.67. The van der Waals surface area contributed by atoms with Crippen LogP contribution in [0.25, 0.3) is 21.8 Å². The maximum absolute atomic E-state index is 13.1. The van der Waals surface area contributed by atoms with Gasteiger partial charge >= 0.3 is 5.97 Å². The predicted octanol–water partition coefficient (Wildman–Crippen LogP) is 5.31. The molecule has 222 valence electrons. The summed E-state index contributed by atoms with van der Waals surface area (Å²) in [4.78, 5) is 31.5. The molecule has 2 N–H and O–H groups in total. The molecule has 0 saturated heterocycles. The molecule has 0 fully saturated rings. The normalized spacial score (nSPS) is 11.7. The smallest absolute Gasteiger partial charge is 0.338 e. The van der Waals surface area contributed by atoms with Gasteiger partial charge in [-0.15, -0.1) is 10.1 Å². The second-order valence-electron chi connectivity index (χ2n) is 9.59. The van der Waals surface area contributed by atoms with Crippen molar-refractivity contribution >= 4 is 27.8 Å². The lowest BCUT2D eigenvalue weighted by atomic mass is 10.1. The minimum Gasteiger partial charge on any atom is -0.493 e. The number of hydrogen-bond donors (Lipinski definition) is 2. The van der Waals surface area contributed by atoms with Crippen LogP contribution in [0, 0.1) is 10.1 Å². The van der Waals surface area contributed by atoms with Crippen LogP contribution >= 0.6 is 0 Å². The van der Waals surface area contributed by atoms with Crippen LogP contribution in [0.15, 0.2) is 91.0 Å². The summed E-state index contributed by atoms with van der Waals surface area (Å²) in [5.41, 5.74) is 2.64. The Morgan fingerprint density at radius 1 is 0.907 bits per heavy atom. The number of carbonyl (C=O) groups is 1. The molecule has 0 aliphatic carbocycles. The van der Waals surface area contributed by atoms with E-state index in [9.17, 15) is 14.9 Å². The average Bonchev–Trinajstić information content (AvgIpc) is 3.42. The van der Waals surface area contributed by atoms with Crippen molar-refractivity contribution in [1.29, 1.82) is 0 Å². The van der Waals surface area contributed by atoms with Crippen LogP contribution in [-0.4, -0.2) is 55.6 Å². The van der Waals surface area contributed by atoms with Gasteiger partial charge < -0.3 is 34.1 Å². The highest BCUT2D eigenvalue weighted by Crippen LogP contribution is 2.33. The Hall–Kier alpha value is -5.29. The summed E-state index contributed by atoms with van der Waals surface area (Å²) in [5, 5.41) is 14.9. The van der Waals surface area contributed by atoms with Crippen LogP contribution in [0.1, 0.15) is 15.9 Å². The average molecular weight is 586 g/mol. The quantitative estimate of drug-likeness (QED) is 0.0725. The van der Waals surface area contributed by atoms with Gasteiger partial charge in [-0.05, 0) is 48.0 Å². The van der Waals surface area contributed by atoms with Crippen molar-refractivity contribution in [1.82, 2.24) is 10.3 Å².